The fourth-order valence-corrected chi connectivity index (χ4v) is 2.21. The summed E-state index contributed by atoms with van der Waals surface area (Å²) in [6.45, 7) is 5.58. The van der Waals surface area contributed by atoms with Crippen LogP contribution in [0.3, 0.4) is 0 Å². The highest BCUT2D eigenvalue weighted by atomic mass is 35.5. The summed E-state index contributed by atoms with van der Waals surface area (Å²) in [4.78, 5) is 11.1. The molecule has 0 aliphatic carbocycles. The van der Waals surface area contributed by atoms with Crippen LogP contribution in [0.5, 0.6) is 0 Å². The number of halogens is 1. The second kappa shape index (κ2) is 4.46. The summed E-state index contributed by atoms with van der Waals surface area (Å²) >= 11 is 6.10. The van der Waals surface area contributed by atoms with Gasteiger partial charge in [0.1, 0.15) is 10.7 Å². The minimum Gasteiger partial charge on any atom is -0.478 e. The smallest absolute Gasteiger partial charge is 0.340 e. The van der Waals surface area contributed by atoms with Crippen LogP contribution in [0.25, 0.3) is 5.69 Å². The molecule has 94 valence electrons. The lowest BCUT2D eigenvalue weighted by Gasteiger charge is -2.09. The fraction of sp³-hybridized carbons (Fsp3) is 0.231. The molecule has 0 fully saturated rings. The molecule has 0 radical (unpaired) electrons. The first-order chi connectivity index (χ1) is 8.43. The second-order valence-corrected chi connectivity index (χ2v) is 4.55. The molecule has 2 aromatic rings. The first-order valence-electron chi connectivity index (χ1n) is 5.48. The number of aromatic nitrogens is 2. The molecule has 5 heteroatoms. The Kier molecular flexibility index (Phi) is 3.13. The number of carbonyl (C=O) groups is 1. The van der Waals surface area contributed by atoms with Gasteiger partial charge < -0.3 is 5.11 Å². The van der Waals surface area contributed by atoms with Gasteiger partial charge in [-0.2, -0.15) is 5.10 Å². The van der Waals surface area contributed by atoms with Crippen LogP contribution in [0.2, 0.25) is 5.15 Å². The first kappa shape index (κ1) is 12.6. The minimum atomic E-state index is -1.06. The van der Waals surface area contributed by atoms with Crippen LogP contribution in [0.1, 0.15) is 27.2 Å². The molecule has 2 rings (SSSR count). The van der Waals surface area contributed by atoms with Crippen LogP contribution in [-0.2, 0) is 0 Å². The van der Waals surface area contributed by atoms with Crippen molar-refractivity contribution in [1.82, 2.24) is 9.78 Å². The molecule has 0 aliphatic heterocycles. The van der Waals surface area contributed by atoms with E-state index in [1.165, 1.54) is 4.68 Å². The average molecular weight is 265 g/mol. The number of aryl methyl sites for hydroxylation is 2. The van der Waals surface area contributed by atoms with Crippen LogP contribution in [0.15, 0.2) is 18.2 Å². The summed E-state index contributed by atoms with van der Waals surface area (Å²) in [7, 11) is 0. The van der Waals surface area contributed by atoms with Gasteiger partial charge in [0, 0.05) is 0 Å². The van der Waals surface area contributed by atoms with Crippen LogP contribution in [0.4, 0.5) is 0 Å². The third kappa shape index (κ3) is 1.88. The molecule has 0 amide bonds. The van der Waals surface area contributed by atoms with E-state index in [-0.39, 0.29) is 10.7 Å². The van der Waals surface area contributed by atoms with Gasteiger partial charge in [0.2, 0.25) is 0 Å². The van der Waals surface area contributed by atoms with E-state index in [2.05, 4.69) is 5.10 Å². The summed E-state index contributed by atoms with van der Waals surface area (Å²) in [5.74, 6) is -1.06. The average Bonchev–Trinajstić information content (AvgIpc) is 2.58. The van der Waals surface area contributed by atoms with Crippen LogP contribution in [-0.4, -0.2) is 20.9 Å². The van der Waals surface area contributed by atoms with Crippen molar-refractivity contribution in [3.05, 3.63) is 45.7 Å². The molecule has 4 nitrogen and oxygen atoms in total. The molecule has 0 bridgehead atoms. The van der Waals surface area contributed by atoms with Gasteiger partial charge in [-0.1, -0.05) is 23.7 Å². The van der Waals surface area contributed by atoms with E-state index < -0.39 is 5.97 Å². The topological polar surface area (TPSA) is 55.1 Å². The molecule has 0 spiro atoms. The quantitative estimate of drug-likeness (QED) is 0.907. The molecule has 1 aromatic heterocycles. The highest BCUT2D eigenvalue weighted by molar-refractivity contribution is 6.32. The van der Waals surface area contributed by atoms with Gasteiger partial charge in [-0.05, 0) is 38.0 Å². The lowest BCUT2D eigenvalue weighted by Crippen LogP contribution is -2.02. The van der Waals surface area contributed by atoms with Crippen molar-refractivity contribution in [3.8, 4) is 5.69 Å². The van der Waals surface area contributed by atoms with Gasteiger partial charge in [0.25, 0.3) is 0 Å². The Labute approximate surface area is 110 Å². The Bertz CT molecular complexity index is 632. The number of carboxylic acid groups (broad SMARTS) is 1. The van der Waals surface area contributed by atoms with Crippen molar-refractivity contribution >= 4 is 17.6 Å². The van der Waals surface area contributed by atoms with E-state index in [1.807, 2.05) is 32.0 Å². The maximum Gasteiger partial charge on any atom is 0.340 e. The molecule has 0 saturated carbocycles. The van der Waals surface area contributed by atoms with Crippen molar-refractivity contribution in [2.24, 2.45) is 0 Å². The number of carboxylic acids is 1. The van der Waals surface area contributed by atoms with Gasteiger partial charge in [0.05, 0.1) is 11.4 Å². The second-order valence-electron chi connectivity index (χ2n) is 4.19. The number of benzene rings is 1. The Balaban J connectivity index is 2.69. The molecule has 0 atom stereocenters. The minimum absolute atomic E-state index is 0.0533. The molecule has 0 saturated heterocycles. The molecule has 0 unspecified atom stereocenters. The summed E-state index contributed by atoms with van der Waals surface area (Å²) in [5, 5.41) is 13.4. The monoisotopic (exact) mass is 264 g/mol. The van der Waals surface area contributed by atoms with E-state index in [4.69, 9.17) is 16.7 Å². The predicted octanol–water partition coefficient (Wildman–Crippen LogP) is 3.15. The standard InChI is InChI=1S/C13H13ClN2O2/c1-7-5-4-6-10(8(7)2)16-12(14)11(13(17)18)9(3)15-16/h4-6H,1-3H3,(H,17,18). The van der Waals surface area contributed by atoms with E-state index >= 15 is 0 Å². The predicted molar refractivity (Wildman–Crippen MR) is 69.7 cm³/mol. The summed E-state index contributed by atoms with van der Waals surface area (Å²) in [6, 6.07) is 5.75. The SMILES string of the molecule is Cc1cccc(-n2nc(C)c(C(=O)O)c2Cl)c1C. The maximum atomic E-state index is 11.1. The van der Waals surface area contributed by atoms with Crippen molar-refractivity contribution in [3.63, 3.8) is 0 Å². The van der Waals surface area contributed by atoms with Gasteiger partial charge in [-0.25, -0.2) is 9.48 Å². The zero-order valence-electron chi connectivity index (χ0n) is 10.4. The molecule has 18 heavy (non-hydrogen) atoms. The van der Waals surface area contributed by atoms with Crippen molar-refractivity contribution < 1.29 is 9.90 Å². The highest BCUT2D eigenvalue weighted by Crippen LogP contribution is 2.26. The highest BCUT2D eigenvalue weighted by Gasteiger charge is 2.21. The van der Waals surface area contributed by atoms with Gasteiger partial charge in [-0.3, -0.25) is 0 Å². The molecular formula is C13H13ClN2O2. The number of hydrogen-bond donors (Lipinski definition) is 1. The number of hydrogen-bond acceptors (Lipinski definition) is 2. The van der Waals surface area contributed by atoms with Crippen molar-refractivity contribution in [2.75, 3.05) is 0 Å². The molecule has 1 N–H and O–H groups in total. The van der Waals surface area contributed by atoms with E-state index in [0.717, 1.165) is 16.8 Å². The third-order valence-corrected chi connectivity index (χ3v) is 3.37. The lowest BCUT2D eigenvalue weighted by atomic mass is 10.1. The Morgan fingerprint density at radius 3 is 2.56 bits per heavy atom. The zero-order valence-corrected chi connectivity index (χ0v) is 11.1. The zero-order chi connectivity index (χ0) is 13.4. The maximum absolute atomic E-state index is 11.1. The number of nitrogens with zero attached hydrogens (tertiary/aromatic N) is 2. The molecule has 1 aromatic carbocycles. The van der Waals surface area contributed by atoms with Gasteiger partial charge in [0.15, 0.2) is 0 Å². The summed E-state index contributed by atoms with van der Waals surface area (Å²) < 4.78 is 1.47. The molecule has 1 heterocycles. The normalized spacial score (nSPS) is 10.7. The van der Waals surface area contributed by atoms with Crippen LogP contribution < -0.4 is 0 Å². The van der Waals surface area contributed by atoms with Crippen LogP contribution in [0, 0.1) is 20.8 Å². The molecular weight excluding hydrogens is 252 g/mol. The van der Waals surface area contributed by atoms with E-state index in [1.54, 1.807) is 6.92 Å². The number of aromatic carboxylic acids is 1. The van der Waals surface area contributed by atoms with Crippen LogP contribution >= 0.6 is 11.6 Å². The largest absolute Gasteiger partial charge is 0.478 e. The number of rotatable bonds is 2. The Morgan fingerprint density at radius 1 is 1.33 bits per heavy atom. The fourth-order valence-electron chi connectivity index (χ4n) is 1.87. The van der Waals surface area contributed by atoms with Crippen molar-refractivity contribution in [2.45, 2.75) is 20.8 Å². The summed E-state index contributed by atoms with van der Waals surface area (Å²) in [5.41, 5.74) is 3.40. The van der Waals surface area contributed by atoms with E-state index in [9.17, 15) is 4.79 Å². The van der Waals surface area contributed by atoms with E-state index in [0.29, 0.717) is 5.69 Å². The first-order valence-corrected chi connectivity index (χ1v) is 5.86. The summed E-state index contributed by atoms with van der Waals surface area (Å²) in [6.07, 6.45) is 0. The van der Waals surface area contributed by atoms with Crippen molar-refractivity contribution in [1.29, 1.82) is 0 Å². The third-order valence-electron chi connectivity index (χ3n) is 3.02. The Hall–Kier alpha value is -1.81. The van der Waals surface area contributed by atoms with Gasteiger partial charge >= 0.3 is 5.97 Å². The van der Waals surface area contributed by atoms with Gasteiger partial charge in [-0.15, -0.1) is 0 Å². The Morgan fingerprint density at radius 2 is 2.00 bits per heavy atom. The molecule has 0 aliphatic rings. The lowest BCUT2D eigenvalue weighted by molar-refractivity contribution is 0.0696.